The Morgan fingerprint density at radius 2 is 1.89 bits per heavy atom. The Morgan fingerprint density at radius 3 is 2.54 bits per heavy atom. The summed E-state index contributed by atoms with van der Waals surface area (Å²) in [4.78, 5) is 25.9. The number of hydrogen-bond acceptors (Lipinski definition) is 5. The Kier molecular flexibility index (Phi) is 8.14. The van der Waals surface area contributed by atoms with Gasteiger partial charge in [0.2, 0.25) is 5.91 Å². The van der Waals surface area contributed by atoms with Gasteiger partial charge in [0.1, 0.15) is 16.5 Å². The molecule has 0 radical (unpaired) electrons. The number of thiophene rings is 1. The van der Waals surface area contributed by atoms with Gasteiger partial charge < -0.3 is 15.5 Å². The van der Waals surface area contributed by atoms with E-state index in [1.165, 1.54) is 23.5 Å². The van der Waals surface area contributed by atoms with Crippen molar-refractivity contribution >= 4 is 74.8 Å². The van der Waals surface area contributed by atoms with Crippen molar-refractivity contribution in [3.8, 4) is 11.3 Å². The highest BCUT2D eigenvalue weighted by Crippen LogP contribution is 2.44. The van der Waals surface area contributed by atoms with Gasteiger partial charge in [-0.25, -0.2) is 0 Å². The number of furan rings is 1. The number of carbonyl (C=O) groups excluding carboxylic acids is 2. The van der Waals surface area contributed by atoms with Crippen LogP contribution in [-0.2, 0) is 17.6 Å². The summed E-state index contributed by atoms with van der Waals surface area (Å²) in [6.07, 6.45) is 5.52. The largest absolute Gasteiger partial charge is 0.457 e. The first-order chi connectivity index (χ1) is 17.4. The van der Waals surface area contributed by atoms with Crippen LogP contribution >= 0.6 is 46.8 Å². The summed E-state index contributed by atoms with van der Waals surface area (Å²) in [5.41, 5.74) is 8.07. The Balaban J connectivity index is 1.41. The van der Waals surface area contributed by atoms with Gasteiger partial charge in [0, 0.05) is 26.6 Å². The van der Waals surface area contributed by atoms with Gasteiger partial charge >= 0.3 is 0 Å². The third-order valence-corrected chi connectivity index (χ3v) is 8.18. The molecule has 0 fully saturated rings. The molecule has 0 spiro atoms. The maximum Gasteiger partial charge on any atom is 0.251 e. The van der Waals surface area contributed by atoms with Crippen LogP contribution in [0.4, 0.5) is 5.00 Å². The zero-order valence-corrected chi connectivity index (χ0v) is 23.8. The Bertz CT molecular complexity index is 1380. The molecule has 2 amide bonds. The minimum Gasteiger partial charge on any atom is -0.457 e. The van der Waals surface area contributed by atoms with Crippen molar-refractivity contribution in [1.29, 1.82) is 0 Å². The summed E-state index contributed by atoms with van der Waals surface area (Å²) in [7, 11) is 0. The van der Waals surface area contributed by atoms with Gasteiger partial charge in [-0.2, -0.15) is 0 Å². The molecule has 4 rings (SSSR count). The van der Waals surface area contributed by atoms with E-state index in [4.69, 9.17) is 45.6 Å². The summed E-state index contributed by atoms with van der Waals surface area (Å²) < 4.78 is 5.77. The van der Waals surface area contributed by atoms with Gasteiger partial charge in [0.25, 0.3) is 5.91 Å². The van der Waals surface area contributed by atoms with Crippen molar-refractivity contribution in [1.82, 2.24) is 5.32 Å². The van der Waals surface area contributed by atoms with E-state index >= 15 is 0 Å². The van der Waals surface area contributed by atoms with Crippen molar-refractivity contribution in [2.75, 3.05) is 5.32 Å². The normalized spacial score (nSPS) is 15.4. The van der Waals surface area contributed by atoms with Gasteiger partial charge in [0.05, 0.1) is 5.56 Å². The highest BCUT2D eigenvalue weighted by molar-refractivity contribution is 7.80. The molecule has 6 nitrogen and oxygen atoms in total. The number of fused-ring (bicyclic) bond motifs is 1. The second-order valence-corrected chi connectivity index (χ2v) is 12.4. The van der Waals surface area contributed by atoms with Crippen LogP contribution in [0, 0.1) is 11.3 Å². The van der Waals surface area contributed by atoms with Crippen molar-refractivity contribution in [2.45, 2.75) is 40.0 Å². The number of primary amides is 1. The molecule has 1 aliphatic carbocycles. The molecule has 2 aromatic heterocycles. The molecule has 0 bridgehead atoms. The third-order valence-electron chi connectivity index (χ3n) is 6.37. The van der Waals surface area contributed by atoms with Crippen LogP contribution in [-0.4, -0.2) is 16.9 Å². The molecule has 1 aliphatic rings. The fraction of sp³-hybridized carbons (Fsp3) is 0.296. The standard InChI is InChI=1S/C27H27Cl2N3O3S2/c1-27(2,3)15-4-7-19-21(12-15)37-25(23(19)24(30)34)32-26(36)31-22(33)9-6-18-5-8-20(35-18)14-10-16(28)13-17(29)11-14/h5-6,8-11,13,15H,4,7,12H2,1-3H3,(H2,30,34)(H2,31,32,33,36)/b9-6+. The van der Waals surface area contributed by atoms with Crippen LogP contribution in [0.2, 0.25) is 10.0 Å². The van der Waals surface area contributed by atoms with Gasteiger partial charge in [-0.1, -0.05) is 44.0 Å². The fourth-order valence-corrected chi connectivity index (χ4v) is 6.54. The number of hydrogen-bond donors (Lipinski definition) is 3. The predicted octanol–water partition coefficient (Wildman–Crippen LogP) is 7.09. The minimum atomic E-state index is -0.502. The highest BCUT2D eigenvalue weighted by atomic mass is 35.5. The van der Waals surface area contributed by atoms with Crippen molar-refractivity contribution in [3.63, 3.8) is 0 Å². The summed E-state index contributed by atoms with van der Waals surface area (Å²) in [5.74, 6) is 0.599. The van der Waals surface area contributed by atoms with E-state index in [1.807, 2.05) is 0 Å². The maximum atomic E-state index is 12.5. The molecule has 10 heteroatoms. The number of carbonyl (C=O) groups is 2. The lowest BCUT2D eigenvalue weighted by molar-refractivity contribution is -0.115. The Morgan fingerprint density at radius 1 is 1.19 bits per heavy atom. The maximum absolute atomic E-state index is 12.5. The third kappa shape index (κ3) is 6.62. The van der Waals surface area contributed by atoms with E-state index in [9.17, 15) is 9.59 Å². The summed E-state index contributed by atoms with van der Waals surface area (Å²) in [6, 6.07) is 8.60. The molecule has 2 heterocycles. The quantitative estimate of drug-likeness (QED) is 0.223. The molecular weight excluding hydrogens is 549 g/mol. The molecule has 1 atom stereocenters. The summed E-state index contributed by atoms with van der Waals surface area (Å²) in [6.45, 7) is 6.71. The van der Waals surface area contributed by atoms with Crippen LogP contribution < -0.4 is 16.4 Å². The SMILES string of the molecule is CC(C)(C)C1CCc2c(sc(NC(=S)NC(=O)/C=C/c3ccc(-c4cc(Cl)cc(Cl)c4)o3)c2C(N)=O)C1. The zero-order valence-electron chi connectivity index (χ0n) is 20.6. The smallest absolute Gasteiger partial charge is 0.251 e. The number of rotatable bonds is 5. The zero-order chi connectivity index (χ0) is 26.9. The number of benzene rings is 1. The van der Waals surface area contributed by atoms with E-state index in [0.717, 1.165) is 35.3 Å². The molecule has 4 N–H and O–H groups in total. The minimum absolute atomic E-state index is 0.0804. The lowest BCUT2D eigenvalue weighted by Crippen LogP contribution is -2.33. The van der Waals surface area contributed by atoms with E-state index in [0.29, 0.717) is 38.0 Å². The first-order valence-electron chi connectivity index (χ1n) is 11.7. The second-order valence-electron chi connectivity index (χ2n) is 10.0. The van der Waals surface area contributed by atoms with Crippen molar-refractivity contribution in [3.05, 3.63) is 68.2 Å². The molecule has 0 saturated heterocycles. The average Bonchev–Trinajstić information content (AvgIpc) is 3.40. The topological polar surface area (TPSA) is 97.4 Å². The molecule has 0 aliphatic heterocycles. The molecule has 1 unspecified atom stereocenters. The summed E-state index contributed by atoms with van der Waals surface area (Å²) >= 11 is 18.9. The molecule has 3 aromatic rings. The number of nitrogens with two attached hydrogens (primary N) is 1. The molecule has 0 saturated carbocycles. The number of nitrogens with one attached hydrogen (secondary N) is 2. The van der Waals surface area contributed by atoms with Crippen molar-refractivity contribution in [2.24, 2.45) is 17.1 Å². The van der Waals surface area contributed by atoms with Crippen LogP contribution in [0.3, 0.4) is 0 Å². The second kappa shape index (κ2) is 11.0. The number of thiocarbonyl (C=S) groups is 1. The average molecular weight is 577 g/mol. The fourth-order valence-electron chi connectivity index (χ4n) is 4.41. The van der Waals surface area contributed by atoms with Gasteiger partial charge in [-0.05, 0) is 84.8 Å². The summed E-state index contributed by atoms with van der Waals surface area (Å²) in [5, 5.41) is 7.25. The van der Waals surface area contributed by atoms with E-state index in [-0.39, 0.29) is 10.5 Å². The molecular formula is C27H27Cl2N3O3S2. The first-order valence-corrected chi connectivity index (χ1v) is 13.7. The molecule has 194 valence electrons. The number of anilines is 1. The number of halogens is 2. The Hall–Kier alpha value is -2.65. The van der Waals surface area contributed by atoms with Crippen LogP contribution in [0.1, 0.15) is 53.8 Å². The van der Waals surface area contributed by atoms with Crippen molar-refractivity contribution < 1.29 is 14.0 Å². The molecule has 1 aromatic carbocycles. The van der Waals surface area contributed by atoms with Gasteiger partial charge in [-0.3, -0.25) is 14.9 Å². The number of amides is 2. The van der Waals surface area contributed by atoms with E-state index in [2.05, 4.69) is 31.4 Å². The van der Waals surface area contributed by atoms with Gasteiger partial charge in [-0.15, -0.1) is 11.3 Å². The predicted molar refractivity (Wildman–Crippen MR) is 155 cm³/mol. The lowest BCUT2D eigenvalue weighted by Gasteiger charge is -2.33. The van der Waals surface area contributed by atoms with Crippen LogP contribution in [0.25, 0.3) is 17.4 Å². The van der Waals surface area contributed by atoms with E-state index in [1.54, 1.807) is 30.3 Å². The van der Waals surface area contributed by atoms with Crippen LogP contribution in [0.5, 0.6) is 0 Å². The van der Waals surface area contributed by atoms with Gasteiger partial charge in [0.15, 0.2) is 5.11 Å². The van der Waals surface area contributed by atoms with E-state index < -0.39 is 11.8 Å². The monoisotopic (exact) mass is 575 g/mol. The Labute approximate surface area is 235 Å². The van der Waals surface area contributed by atoms with Crippen LogP contribution in [0.15, 0.2) is 40.8 Å². The lowest BCUT2D eigenvalue weighted by atomic mass is 9.72. The first kappa shape index (κ1) is 27.4. The highest BCUT2D eigenvalue weighted by Gasteiger charge is 2.33. The molecule has 37 heavy (non-hydrogen) atoms.